The lowest BCUT2D eigenvalue weighted by Gasteiger charge is -2.26. The van der Waals surface area contributed by atoms with Crippen molar-refractivity contribution in [2.24, 2.45) is 0 Å². The van der Waals surface area contributed by atoms with Crippen LogP contribution >= 0.6 is 0 Å². The van der Waals surface area contributed by atoms with Gasteiger partial charge in [0.05, 0.1) is 5.69 Å². The molecule has 0 unspecified atom stereocenters. The maximum Gasteiger partial charge on any atom is 0.246 e. The number of likely N-dealkylation sites (N-methyl/N-ethyl adjacent to an activating group) is 1. The number of carbonyl (C=O) groups excluding carboxylic acids is 2. The molecule has 1 aliphatic carbocycles. The van der Waals surface area contributed by atoms with Gasteiger partial charge >= 0.3 is 0 Å². The van der Waals surface area contributed by atoms with Gasteiger partial charge in [0.15, 0.2) is 0 Å². The van der Waals surface area contributed by atoms with E-state index in [4.69, 9.17) is 0 Å². The summed E-state index contributed by atoms with van der Waals surface area (Å²) < 4.78 is 0. The molecule has 1 amide bonds. The first kappa shape index (κ1) is 25.1. The zero-order chi connectivity index (χ0) is 24.8. The van der Waals surface area contributed by atoms with E-state index in [9.17, 15) is 9.59 Å². The fourth-order valence-corrected chi connectivity index (χ4v) is 4.59. The number of H-pyrrole nitrogens is 1. The summed E-state index contributed by atoms with van der Waals surface area (Å²) in [5.74, 6) is 0.710. The molecule has 1 N–H and O–H groups in total. The van der Waals surface area contributed by atoms with Crippen molar-refractivity contribution >= 4 is 17.3 Å². The lowest BCUT2D eigenvalue weighted by molar-refractivity contribution is -0.125. The van der Waals surface area contributed by atoms with E-state index in [1.165, 1.54) is 24.0 Å². The quantitative estimate of drug-likeness (QED) is 0.479. The van der Waals surface area contributed by atoms with E-state index in [1.807, 2.05) is 17.9 Å². The minimum atomic E-state index is -0.159. The van der Waals surface area contributed by atoms with Crippen molar-refractivity contribution in [2.45, 2.75) is 58.3 Å². The summed E-state index contributed by atoms with van der Waals surface area (Å²) in [5, 5.41) is 7.39. The van der Waals surface area contributed by atoms with Crippen LogP contribution in [0, 0.1) is 0 Å². The second-order valence-corrected chi connectivity index (χ2v) is 9.73. The average molecular weight is 475 g/mol. The van der Waals surface area contributed by atoms with E-state index < -0.39 is 0 Å². The van der Waals surface area contributed by atoms with E-state index in [-0.39, 0.29) is 17.6 Å². The molecule has 35 heavy (non-hydrogen) atoms. The Labute approximate surface area is 209 Å². The van der Waals surface area contributed by atoms with Crippen LogP contribution in [0.5, 0.6) is 0 Å². The Hall–Kier alpha value is -2.99. The van der Waals surface area contributed by atoms with Crippen LogP contribution in [0.2, 0.25) is 0 Å². The van der Waals surface area contributed by atoms with E-state index in [0.717, 1.165) is 49.6 Å². The number of aromatic nitrogens is 2. The Morgan fingerprint density at radius 2 is 1.94 bits per heavy atom. The maximum absolute atomic E-state index is 12.8. The zero-order valence-corrected chi connectivity index (χ0v) is 21.3. The molecule has 4 rings (SSSR count). The highest BCUT2D eigenvalue weighted by atomic mass is 16.2. The molecule has 2 heterocycles. The number of hydrogen-bond acceptors (Lipinski definition) is 4. The number of amides is 1. The summed E-state index contributed by atoms with van der Waals surface area (Å²) in [6, 6.07) is 10.4. The predicted octanol–water partition coefficient (Wildman–Crippen LogP) is 4.72. The second-order valence-electron chi connectivity index (χ2n) is 9.73. The van der Waals surface area contributed by atoms with Crippen molar-refractivity contribution < 1.29 is 9.59 Å². The highest BCUT2D eigenvalue weighted by Crippen LogP contribution is 2.39. The van der Waals surface area contributed by atoms with Crippen molar-refractivity contribution in [3.8, 4) is 0 Å². The van der Waals surface area contributed by atoms with Gasteiger partial charge in [-0.1, -0.05) is 57.2 Å². The SMILES string of the molecule is CCN(CC)C/C=C/C(=O)N1CC=C(c2ccc([C@H](C)C(=O)Cc3cc(C4CC4)n[nH]3)cc2)CC1. The molecule has 1 aliphatic heterocycles. The monoisotopic (exact) mass is 474 g/mol. The summed E-state index contributed by atoms with van der Waals surface area (Å²) in [6.07, 6.45) is 9.47. The molecule has 6 heteroatoms. The molecule has 1 saturated carbocycles. The summed E-state index contributed by atoms with van der Waals surface area (Å²) in [6.45, 7) is 10.4. The summed E-state index contributed by atoms with van der Waals surface area (Å²) in [5.41, 5.74) is 5.47. The van der Waals surface area contributed by atoms with E-state index in [0.29, 0.717) is 18.9 Å². The van der Waals surface area contributed by atoms with Crippen LogP contribution in [-0.4, -0.2) is 64.4 Å². The Balaban J connectivity index is 1.29. The Kier molecular flexibility index (Phi) is 8.34. The second kappa shape index (κ2) is 11.6. The molecule has 0 radical (unpaired) electrons. The van der Waals surface area contributed by atoms with Gasteiger partial charge in [-0.05, 0) is 55.1 Å². The van der Waals surface area contributed by atoms with Gasteiger partial charge in [-0.2, -0.15) is 5.10 Å². The number of nitrogens with zero attached hydrogens (tertiary/aromatic N) is 3. The van der Waals surface area contributed by atoms with Crippen molar-refractivity contribution in [3.05, 3.63) is 71.1 Å². The van der Waals surface area contributed by atoms with Crippen LogP contribution in [-0.2, 0) is 16.0 Å². The first-order valence-corrected chi connectivity index (χ1v) is 13.0. The van der Waals surface area contributed by atoms with Crippen LogP contribution in [0.4, 0.5) is 0 Å². The number of aromatic amines is 1. The molecule has 0 spiro atoms. The van der Waals surface area contributed by atoms with Gasteiger partial charge in [0.2, 0.25) is 5.91 Å². The van der Waals surface area contributed by atoms with Gasteiger partial charge in [0, 0.05) is 49.7 Å². The van der Waals surface area contributed by atoms with E-state index >= 15 is 0 Å². The Bertz CT molecular complexity index is 1070. The van der Waals surface area contributed by atoms with Crippen LogP contribution in [0.3, 0.4) is 0 Å². The van der Waals surface area contributed by atoms with Crippen LogP contribution in [0.15, 0.2) is 48.6 Å². The molecular weight excluding hydrogens is 436 g/mol. The maximum atomic E-state index is 12.8. The fourth-order valence-electron chi connectivity index (χ4n) is 4.59. The highest BCUT2D eigenvalue weighted by Gasteiger charge is 2.26. The van der Waals surface area contributed by atoms with Crippen molar-refractivity contribution in [1.82, 2.24) is 20.0 Å². The minimum Gasteiger partial charge on any atom is -0.335 e. The molecule has 1 aromatic carbocycles. The number of nitrogens with one attached hydrogen (secondary N) is 1. The van der Waals surface area contributed by atoms with E-state index in [2.05, 4.69) is 65.4 Å². The van der Waals surface area contributed by atoms with Crippen LogP contribution in [0.1, 0.15) is 74.4 Å². The number of rotatable bonds is 11. The summed E-state index contributed by atoms with van der Waals surface area (Å²) in [4.78, 5) is 29.5. The summed E-state index contributed by atoms with van der Waals surface area (Å²) >= 11 is 0. The lowest BCUT2D eigenvalue weighted by Crippen LogP contribution is -2.33. The normalized spacial score (nSPS) is 17.1. The average Bonchev–Trinajstić information content (AvgIpc) is 3.65. The topological polar surface area (TPSA) is 69.3 Å². The molecule has 0 bridgehead atoms. The lowest BCUT2D eigenvalue weighted by atomic mass is 9.91. The molecule has 2 aliphatic rings. The largest absolute Gasteiger partial charge is 0.335 e. The summed E-state index contributed by atoms with van der Waals surface area (Å²) in [7, 11) is 0. The van der Waals surface area contributed by atoms with Gasteiger partial charge in [0.1, 0.15) is 5.78 Å². The zero-order valence-electron chi connectivity index (χ0n) is 21.3. The van der Waals surface area contributed by atoms with Crippen molar-refractivity contribution in [2.75, 3.05) is 32.7 Å². The smallest absolute Gasteiger partial charge is 0.246 e. The van der Waals surface area contributed by atoms with Crippen molar-refractivity contribution in [1.29, 1.82) is 0 Å². The molecule has 186 valence electrons. The van der Waals surface area contributed by atoms with Gasteiger partial charge in [-0.25, -0.2) is 0 Å². The third-order valence-electron chi connectivity index (χ3n) is 7.31. The number of Topliss-reactive ketones (excluding diaryl/α,β-unsaturated/α-hetero) is 1. The number of carbonyl (C=O) groups is 2. The molecule has 6 nitrogen and oxygen atoms in total. The molecule has 1 atom stereocenters. The first-order valence-electron chi connectivity index (χ1n) is 13.0. The fraction of sp³-hybridized carbons (Fsp3) is 0.483. The molecule has 1 aromatic heterocycles. The minimum absolute atomic E-state index is 0.0802. The standard InChI is InChI=1S/C29H38N4O2/c1-4-32(5-2)16-6-7-29(35)33-17-14-24(15-18-33)23-10-8-22(9-11-23)21(3)28(34)20-26-19-27(31-30-26)25-12-13-25/h6-11,14,19,21,25H,4-5,12-13,15-18,20H2,1-3H3,(H,30,31)/b7-6+/t21-/m0/s1. The molecular formula is C29H38N4O2. The van der Waals surface area contributed by atoms with Gasteiger partial charge in [-0.3, -0.25) is 14.7 Å². The number of hydrogen-bond donors (Lipinski definition) is 1. The number of ketones is 1. The molecule has 0 saturated heterocycles. The van der Waals surface area contributed by atoms with Crippen molar-refractivity contribution in [3.63, 3.8) is 0 Å². The molecule has 2 aromatic rings. The van der Waals surface area contributed by atoms with Gasteiger partial charge in [-0.15, -0.1) is 0 Å². The Morgan fingerprint density at radius 1 is 1.20 bits per heavy atom. The Morgan fingerprint density at radius 3 is 2.57 bits per heavy atom. The van der Waals surface area contributed by atoms with Crippen LogP contribution < -0.4 is 0 Å². The molecule has 1 fully saturated rings. The third-order valence-corrected chi connectivity index (χ3v) is 7.31. The van der Waals surface area contributed by atoms with Crippen LogP contribution in [0.25, 0.3) is 5.57 Å². The van der Waals surface area contributed by atoms with Gasteiger partial charge < -0.3 is 9.80 Å². The third kappa shape index (κ3) is 6.57. The predicted molar refractivity (Wildman–Crippen MR) is 140 cm³/mol. The van der Waals surface area contributed by atoms with Gasteiger partial charge in [0.25, 0.3) is 0 Å². The number of benzene rings is 1. The highest BCUT2D eigenvalue weighted by molar-refractivity contribution is 5.88. The van der Waals surface area contributed by atoms with E-state index in [1.54, 1.807) is 6.08 Å². The first-order chi connectivity index (χ1) is 17.0.